The lowest BCUT2D eigenvalue weighted by atomic mass is 10.1. The molecule has 0 aliphatic carbocycles. The van der Waals surface area contributed by atoms with E-state index in [1.165, 1.54) is 12.8 Å². The first-order valence-corrected chi connectivity index (χ1v) is 8.84. The van der Waals surface area contributed by atoms with Gasteiger partial charge in [-0.2, -0.15) is 0 Å². The Bertz CT molecular complexity index is 492. The van der Waals surface area contributed by atoms with Gasteiger partial charge in [0.25, 0.3) is 0 Å². The summed E-state index contributed by atoms with van der Waals surface area (Å²) in [6.45, 7) is 6.91. The molecule has 128 valence electrons. The van der Waals surface area contributed by atoms with Crippen LogP contribution in [0.3, 0.4) is 0 Å². The lowest BCUT2D eigenvalue weighted by molar-refractivity contribution is -0.145. The molecule has 0 spiro atoms. The van der Waals surface area contributed by atoms with Crippen molar-refractivity contribution in [2.45, 2.75) is 57.8 Å². The van der Waals surface area contributed by atoms with Gasteiger partial charge in [0.05, 0.1) is 31.1 Å². The van der Waals surface area contributed by atoms with Crippen molar-refractivity contribution in [3.63, 3.8) is 0 Å². The summed E-state index contributed by atoms with van der Waals surface area (Å²) in [4.78, 5) is 17.0. The predicted molar refractivity (Wildman–Crippen MR) is 88.1 cm³/mol. The first kappa shape index (κ1) is 16.5. The minimum atomic E-state index is 0.118. The van der Waals surface area contributed by atoms with Crippen LogP contribution in [0.2, 0.25) is 0 Å². The van der Waals surface area contributed by atoms with Crippen molar-refractivity contribution in [2.75, 3.05) is 26.2 Å². The number of carbonyl (C=O) groups excluding carboxylic acids is 1. The van der Waals surface area contributed by atoms with Crippen molar-refractivity contribution >= 4 is 5.91 Å². The van der Waals surface area contributed by atoms with Crippen LogP contribution in [0.4, 0.5) is 0 Å². The molecule has 0 saturated carbocycles. The van der Waals surface area contributed by atoms with Gasteiger partial charge in [-0.05, 0) is 45.4 Å². The zero-order chi connectivity index (χ0) is 16.2. The van der Waals surface area contributed by atoms with Crippen LogP contribution in [0, 0.1) is 0 Å². The second-order valence-corrected chi connectivity index (χ2v) is 6.91. The Morgan fingerprint density at radius 2 is 2.00 bits per heavy atom. The normalized spacial score (nSPS) is 30.2. The molecule has 1 aromatic heterocycles. The Balaban J connectivity index is 1.67. The van der Waals surface area contributed by atoms with E-state index in [0.717, 1.165) is 25.1 Å². The fraction of sp³-hybridized carbons (Fsp3) is 0.722. The lowest BCUT2D eigenvalue weighted by Crippen LogP contribution is -2.51. The molecule has 1 amide bonds. The molecule has 0 aromatic carbocycles. The van der Waals surface area contributed by atoms with Crippen LogP contribution in [-0.2, 0) is 9.53 Å². The molecule has 1 aromatic rings. The van der Waals surface area contributed by atoms with Gasteiger partial charge >= 0.3 is 0 Å². The van der Waals surface area contributed by atoms with E-state index in [0.29, 0.717) is 19.6 Å². The number of carbonyl (C=O) groups is 1. The quantitative estimate of drug-likeness (QED) is 0.859. The van der Waals surface area contributed by atoms with Crippen LogP contribution < -0.4 is 0 Å². The molecule has 3 rings (SSSR count). The summed E-state index contributed by atoms with van der Waals surface area (Å²) in [5.41, 5.74) is 0. The molecule has 2 saturated heterocycles. The van der Waals surface area contributed by atoms with Crippen LogP contribution in [0.15, 0.2) is 22.8 Å². The maximum Gasteiger partial charge on any atom is 0.236 e. The highest BCUT2D eigenvalue weighted by Crippen LogP contribution is 2.30. The van der Waals surface area contributed by atoms with Crippen molar-refractivity contribution in [3.05, 3.63) is 24.2 Å². The van der Waals surface area contributed by atoms with E-state index >= 15 is 0 Å². The molecule has 5 nitrogen and oxygen atoms in total. The van der Waals surface area contributed by atoms with Crippen LogP contribution in [0.5, 0.6) is 0 Å². The Labute approximate surface area is 138 Å². The molecule has 0 radical (unpaired) electrons. The number of morpholine rings is 1. The van der Waals surface area contributed by atoms with E-state index in [4.69, 9.17) is 9.15 Å². The van der Waals surface area contributed by atoms with Crippen molar-refractivity contribution in [1.82, 2.24) is 9.80 Å². The highest BCUT2D eigenvalue weighted by atomic mass is 16.5. The van der Waals surface area contributed by atoms with E-state index in [9.17, 15) is 4.79 Å². The summed E-state index contributed by atoms with van der Waals surface area (Å²) in [6.07, 6.45) is 6.61. The van der Waals surface area contributed by atoms with Crippen LogP contribution in [0.1, 0.15) is 51.3 Å². The summed E-state index contributed by atoms with van der Waals surface area (Å²) < 4.78 is 11.4. The van der Waals surface area contributed by atoms with Crippen LogP contribution >= 0.6 is 0 Å². The third-order valence-electron chi connectivity index (χ3n) is 4.85. The number of nitrogens with zero attached hydrogens (tertiary/aromatic N) is 2. The average molecular weight is 320 g/mol. The van der Waals surface area contributed by atoms with Gasteiger partial charge in [0.1, 0.15) is 5.76 Å². The number of furan rings is 1. The Kier molecular flexibility index (Phi) is 5.38. The lowest BCUT2D eigenvalue weighted by Gasteiger charge is -2.37. The highest BCUT2D eigenvalue weighted by molar-refractivity contribution is 5.78. The van der Waals surface area contributed by atoms with Gasteiger partial charge in [-0.1, -0.05) is 12.8 Å². The first-order valence-electron chi connectivity index (χ1n) is 8.84. The predicted octanol–water partition coefficient (Wildman–Crippen LogP) is 2.83. The number of likely N-dealkylation sites (tertiary alicyclic amines) is 1. The van der Waals surface area contributed by atoms with Gasteiger partial charge in [-0.3, -0.25) is 9.69 Å². The maximum atomic E-state index is 12.8. The SMILES string of the molecule is C[C@@H]1CN(C(=O)CN2CCCCC[C@H]2c2ccco2)C[C@@H](C)O1. The first-order chi connectivity index (χ1) is 11.1. The fourth-order valence-corrected chi connectivity index (χ4v) is 3.82. The van der Waals surface area contributed by atoms with Crippen LogP contribution in [0.25, 0.3) is 0 Å². The molecule has 23 heavy (non-hydrogen) atoms. The molecule has 0 N–H and O–H groups in total. The molecule has 0 unspecified atom stereocenters. The summed E-state index contributed by atoms with van der Waals surface area (Å²) in [6, 6.07) is 4.20. The van der Waals surface area contributed by atoms with Crippen molar-refractivity contribution in [3.8, 4) is 0 Å². The second-order valence-electron chi connectivity index (χ2n) is 6.91. The Morgan fingerprint density at radius 1 is 1.22 bits per heavy atom. The van der Waals surface area contributed by atoms with Gasteiger partial charge in [0.15, 0.2) is 0 Å². The van der Waals surface area contributed by atoms with E-state index in [2.05, 4.69) is 4.90 Å². The zero-order valence-corrected chi connectivity index (χ0v) is 14.2. The monoisotopic (exact) mass is 320 g/mol. The molecular weight excluding hydrogens is 292 g/mol. The standard InChI is InChI=1S/C18H28N2O3/c1-14-11-20(12-15(2)23-14)18(21)13-19-9-5-3-4-7-16(19)17-8-6-10-22-17/h6,8,10,14-16H,3-5,7,9,11-13H2,1-2H3/t14-,15-,16+/m1/s1. The van der Waals surface area contributed by atoms with E-state index in [1.54, 1.807) is 6.26 Å². The third kappa shape index (κ3) is 4.15. The van der Waals surface area contributed by atoms with Crippen molar-refractivity contribution in [2.24, 2.45) is 0 Å². The number of hydrogen-bond acceptors (Lipinski definition) is 4. The van der Waals surface area contributed by atoms with E-state index < -0.39 is 0 Å². The highest BCUT2D eigenvalue weighted by Gasteiger charge is 2.30. The van der Waals surface area contributed by atoms with Gasteiger partial charge < -0.3 is 14.1 Å². The summed E-state index contributed by atoms with van der Waals surface area (Å²) >= 11 is 0. The smallest absolute Gasteiger partial charge is 0.236 e. The molecule has 2 fully saturated rings. The molecule has 2 aliphatic heterocycles. The van der Waals surface area contributed by atoms with E-state index in [1.807, 2.05) is 30.9 Å². The third-order valence-corrected chi connectivity index (χ3v) is 4.85. The topological polar surface area (TPSA) is 45.9 Å². The zero-order valence-electron chi connectivity index (χ0n) is 14.2. The van der Waals surface area contributed by atoms with E-state index in [-0.39, 0.29) is 24.2 Å². The summed E-state index contributed by atoms with van der Waals surface area (Å²) in [7, 11) is 0. The van der Waals surface area contributed by atoms with Gasteiger partial charge in [-0.15, -0.1) is 0 Å². The number of ether oxygens (including phenoxy) is 1. The average Bonchev–Trinajstić information content (AvgIpc) is 2.94. The molecular formula is C18H28N2O3. The largest absolute Gasteiger partial charge is 0.468 e. The molecule has 2 aliphatic rings. The van der Waals surface area contributed by atoms with Gasteiger partial charge in [-0.25, -0.2) is 0 Å². The maximum absolute atomic E-state index is 12.8. The Morgan fingerprint density at radius 3 is 2.70 bits per heavy atom. The molecule has 3 heterocycles. The van der Waals surface area contributed by atoms with Gasteiger partial charge in [0.2, 0.25) is 5.91 Å². The van der Waals surface area contributed by atoms with Crippen molar-refractivity contribution in [1.29, 1.82) is 0 Å². The summed E-state index contributed by atoms with van der Waals surface area (Å²) in [5.74, 6) is 1.20. The number of rotatable bonds is 3. The van der Waals surface area contributed by atoms with Gasteiger partial charge in [0, 0.05) is 13.1 Å². The second kappa shape index (κ2) is 7.49. The number of amides is 1. The minimum Gasteiger partial charge on any atom is -0.468 e. The Hall–Kier alpha value is -1.33. The molecule has 5 heteroatoms. The molecule has 3 atom stereocenters. The minimum absolute atomic E-state index is 0.118. The fourth-order valence-electron chi connectivity index (χ4n) is 3.82. The molecule has 0 bridgehead atoms. The number of hydrogen-bond donors (Lipinski definition) is 0. The van der Waals surface area contributed by atoms with Crippen molar-refractivity contribution < 1.29 is 13.9 Å². The summed E-state index contributed by atoms with van der Waals surface area (Å²) in [5, 5.41) is 0. The van der Waals surface area contributed by atoms with Crippen LogP contribution in [-0.4, -0.2) is 54.1 Å².